The average Bonchev–Trinajstić information content (AvgIpc) is 2.28. The lowest BCUT2D eigenvalue weighted by atomic mass is 9.61. The predicted octanol–water partition coefficient (Wildman–Crippen LogP) is 5.33. The molecule has 0 aliphatic carbocycles. The number of hydrogen-bond donors (Lipinski definition) is 0. The van der Waals surface area contributed by atoms with Crippen molar-refractivity contribution in [2.24, 2.45) is 29.1 Å². The SMILES string of the molecule is CCC(C)(CC)C(C(C)CF)C(C)C(C)C. The van der Waals surface area contributed by atoms with Gasteiger partial charge in [0.1, 0.15) is 0 Å². The Kier molecular flexibility index (Phi) is 6.58. The fraction of sp³-hybridized carbons (Fsp3) is 1.00. The summed E-state index contributed by atoms with van der Waals surface area (Å²) in [6, 6.07) is 0. The summed E-state index contributed by atoms with van der Waals surface area (Å²) < 4.78 is 13.1. The maximum Gasteiger partial charge on any atom is 0.0922 e. The van der Waals surface area contributed by atoms with Crippen molar-refractivity contribution in [3.8, 4) is 0 Å². The van der Waals surface area contributed by atoms with Crippen LogP contribution in [0.25, 0.3) is 0 Å². The van der Waals surface area contributed by atoms with Crippen molar-refractivity contribution in [2.45, 2.75) is 61.3 Å². The van der Waals surface area contributed by atoms with Gasteiger partial charge < -0.3 is 0 Å². The van der Waals surface area contributed by atoms with Crippen molar-refractivity contribution in [1.82, 2.24) is 0 Å². The number of hydrogen-bond acceptors (Lipinski definition) is 0. The first kappa shape index (κ1) is 15.9. The van der Waals surface area contributed by atoms with Crippen molar-refractivity contribution in [2.75, 3.05) is 6.67 Å². The van der Waals surface area contributed by atoms with Crippen LogP contribution >= 0.6 is 0 Å². The maximum atomic E-state index is 13.1. The van der Waals surface area contributed by atoms with Crippen molar-refractivity contribution < 1.29 is 4.39 Å². The van der Waals surface area contributed by atoms with Crippen LogP contribution in [0.4, 0.5) is 4.39 Å². The molecule has 0 bridgehead atoms. The van der Waals surface area contributed by atoms with E-state index in [-0.39, 0.29) is 18.0 Å². The normalized spacial score (nSPS) is 18.6. The summed E-state index contributed by atoms with van der Waals surface area (Å²) in [6.07, 6.45) is 2.30. The molecule has 0 saturated carbocycles. The predicted molar refractivity (Wildman–Crippen MR) is 71.3 cm³/mol. The van der Waals surface area contributed by atoms with E-state index in [2.05, 4.69) is 48.5 Å². The molecule has 1 heteroatoms. The molecule has 0 nitrogen and oxygen atoms in total. The fourth-order valence-corrected chi connectivity index (χ4v) is 3.07. The Hall–Kier alpha value is -0.0700. The molecular weight excluding hydrogens is 199 g/mol. The van der Waals surface area contributed by atoms with Crippen LogP contribution < -0.4 is 0 Å². The van der Waals surface area contributed by atoms with E-state index < -0.39 is 0 Å². The third-order valence-corrected chi connectivity index (χ3v) is 4.89. The van der Waals surface area contributed by atoms with Crippen LogP contribution in [0.5, 0.6) is 0 Å². The fourth-order valence-electron chi connectivity index (χ4n) is 3.07. The van der Waals surface area contributed by atoms with E-state index in [9.17, 15) is 4.39 Å². The lowest BCUT2D eigenvalue weighted by Crippen LogP contribution is -2.38. The standard InChI is InChI=1S/C15H31F/c1-8-15(7,9-2)14(12(5)10-16)13(6)11(3)4/h11-14H,8-10H2,1-7H3. The number of rotatable bonds is 7. The van der Waals surface area contributed by atoms with Crippen LogP contribution in [0.1, 0.15) is 61.3 Å². The van der Waals surface area contributed by atoms with Crippen LogP contribution in [0.2, 0.25) is 0 Å². The van der Waals surface area contributed by atoms with Crippen molar-refractivity contribution in [3.63, 3.8) is 0 Å². The van der Waals surface area contributed by atoms with Crippen LogP contribution in [-0.4, -0.2) is 6.67 Å². The summed E-state index contributed by atoms with van der Waals surface area (Å²) in [6.45, 7) is 15.5. The minimum Gasteiger partial charge on any atom is -0.251 e. The Labute approximate surface area is 102 Å². The third kappa shape index (κ3) is 3.46. The first-order chi connectivity index (χ1) is 7.33. The number of alkyl halides is 1. The first-order valence-corrected chi connectivity index (χ1v) is 6.89. The molecular formula is C15H31F. The molecule has 0 aromatic carbocycles. The number of halogens is 1. The Morgan fingerprint density at radius 2 is 1.44 bits per heavy atom. The summed E-state index contributed by atoms with van der Waals surface area (Å²) in [4.78, 5) is 0. The highest BCUT2D eigenvalue weighted by molar-refractivity contribution is 4.87. The quantitative estimate of drug-likeness (QED) is 0.555. The van der Waals surface area contributed by atoms with Gasteiger partial charge in [-0.25, -0.2) is 0 Å². The molecule has 0 N–H and O–H groups in total. The van der Waals surface area contributed by atoms with Crippen molar-refractivity contribution in [1.29, 1.82) is 0 Å². The lowest BCUT2D eigenvalue weighted by molar-refractivity contribution is 0.0339. The topological polar surface area (TPSA) is 0 Å². The highest BCUT2D eigenvalue weighted by atomic mass is 19.1. The highest BCUT2D eigenvalue weighted by Crippen LogP contribution is 2.45. The third-order valence-electron chi connectivity index (χ3n) is 4.89. The molecule has 0 heterocycles. The van der Waals surface area contributed by atoms with E-state index >= 15 is 0 Å². The van der Waals surface area contributed by atoms with Crippen LogP contribution in [0, 0.1) is 29.1 Å². The molecule has 0 aliphatic rings. The van der Waals surface area contributed by atoms with Crippen molar-refractivity contribution >= 4 is 0 Å². The van der Waals surface area contributed by atoms with E-state index in [0.29, 0.717) is 17.8 Å². The zero-order valence-electron chi connectivity index (χ0n) is 12.3. The Balaban J connectivity index is 5.06. The molecule has 0 fully saturated rings. The minimum absolute atomic E-state index is 0.183. The summed E-state index contributed by atoms with van der Waals surface area (Å²) in [5.41, 5.74) is 0.287. The van der Waals surface area contributed by atoms with Gasteiger partial charge >= 0.3 is 0 Å². The van der Waals surface area contributed by atoms with Gasteiger partial charge in [0, 0.05) is 0 Å². The largest absolute Gasteiger partial charge is 0.251 e. The van der Waals surface area contributed by atoms with E-state index in [1.165, 1.54) is 0 Å². The van der Waals surface area contributed by atoms with Crippen LogP contribution in [0.3, 0.4) is 0 Å². The summed E-state index contributed by atoms with van der Waals surface area (Å²) in [5, 5.41) is 0. The van der Waals surface area contributed by atoms with Crippen molar-refractivity contribution in [3.05, 3.63) is 0 Å². The molecule has 0 spiro atoms. The molecule has 0 aliphatic heterocycles. The second-order valence-electron chi connectivity index (χ2n) is 6.12. The molecule has 0 amide bonds. The average molecular weight is 230 g/mol. The molecule has 3 unspecified atom stereocenters. The van der Waals surface area contributed by atoms with Gasteiger partial charge in [-0.3, -0.25) is 4.39 Å². The first-order valence-electron chi connectivity index (χ1n) is 6.89. The maximum absolute atomic E-state index is 13.1. The van der Waals surface area contributed by atoms with Gasteiger partial charge in [0.05, 0.1) is 6.67 Å². The van der Waals surface area contributed by atoms with Gasteiger partial charge in [0.25, 0.3) is 0 Å². The smallest absolute Gasteiger partial charge is 0.0922 e. The zero-order valence-corrected chi connectivity index (χ0v) is 12.3. The monoisotopic (exact) mass is 230 g/mol. The molecule has 0 radical (unpaired) electrons. The van der Waals surface area contributed by atoms with Gasteiger partial charge in [-0.2, -0.15) is 0 Å². The molecule has 3 atom stereocenters. The second kappa shape index (κ2) is 6.61. The Morgan fingerprint density at radius 1 is 1.00 bits per heavy atom. The van der Waals surface area contributed by atoms with E-state index in [4.69, 9.17) is 0 Å². The Morgan fingerprint density at radius 3 is 1.69 bits per heavy atom. The molecule has 0 rings (SSSR count). The van der Waals surface area contributed by atoms with Gasteiger partial charge in [0.2, 0.25) is 0 Å². The molecule has 16 heavy (non-hydrogen) atoms. The highest BCUT2D eigenvalue weighted by Gasteiger charge is 2.39. The molecule has 98 valence electrons. The van der Waals surface area contributed by atoms with Gasteiger partial charge in [0.15, 0.2) is 0 Å². The van der Waals surface area contributed by atoms with E-state index in [1.807, 2.05) is 0 Å². The van der Waals surface area contributed by atoms with Gasteiger partial charge in [-0.05, 0) is 29.1 Å². The minimum atomic E-state index is -0.183. The molecule has 0 aromatic heterocycles. The molecule has 0 saturated heterocycles. The second-order valence-corrected chi connectivity index (χ2v) is 6.12. The van der Waals surface area contributed by atoms with E-state index in [1.54, 1.807) is 0 Å². The molecule has 0 aromatic rings. The lowest BCUT2D eigenvalue weighted by Gasteiger charge is -2.44. The summed E-state index contributed by atoms with van der Waals surface area (Å²) >= 11 is 0. The zero-order chi connectivity index (χ0) is 12.9. The van der Waals surface area contributed by atoms with Gasteiger partial charge in [-0.1, -0.05) is 61.3 Å². The Bertz CT molecular complexity index is 182. The van der Waals surface area contributed by atoms with Gasteiger partial charge in [-0.15, -0.1) is 0 Å². The van der Waals surface area contributed by atoms with E-state index in [0.717, 1.165) is 12.8 Å². The van der Waals surface area contributed by atoms with Crippen LogP contribution in [-0.2, 0) is 0 Å². The summed E-state index contributed by atoms with van der Waals surface area (Å²) in [7, 11) is 0. The van der Waals surface area contributed by atoms with Crippen LogP contribution in [0.15, 0.2) is 0 Å². The summed E-state index contributed by atoms with van der Waals surface area (Å²) in [5.74, 6) is 1.90.